The maximum Gasteiger partial charge on any atom is 0.232 e. The van der Waals surface area contributed by atoms with Crippen LogP contribution in [0.5, 0.6) is 0 Å². The lowest BCUT2D eigenvalue weighted by Gasteiger charge is -2.34. The van der Waals surface area contributed by atoms with Crippen molar-refractivity contribution in [3.63, 3.8) is 0 Å². The molecule has 1 heterocycles. The van der Waals surface area contributed by atoms with Gasteiger partial charge in [-0.3, -0.25) is 4.79 Å². The molecule has 5 heteroatoms. The molecule has 0 aromatic carbocycles. The van der Waals surface area contributed by atoms with Gasteiger partial charge in [-0.05, 0) is 30.2 Å². The summed E-state index contributed by atoms with van der Waals surface area (Å²) in [7, 11) is 1.86. The van der Waals surface area contributed by atoms with Gasteiger partial charge in [-0.2, -0.15) is 0 Å². The van der Waals surface area contributed by atoms with Gasteiger partial charge in [-0.1, -0.05) is 6.07 Å². The van der Waals surface area contributed by atoms with Crippen LogP contribution in [0.1, 0.15) is 17.7 Å². The Bertz CT molecular complexity index is 374. The van der Waals surface area contributed by atoms with E-state index in [4.69, 9.17) is 0 Å². The molecule has 1 aromatic rings. The number of hydrogen-bond acceptors (Lipinski definition) is 4. The maximum absolute atomic E-state index is 11.9. The molecule has 18 heavy (non-hydrogen) atoms. The first kappa shape index (κ1) is 13.9. The Morgan fingerprint density at radius 1 is 1.61 bits per heavy atom. The van der Waals surface area contributed by atoms with Crippen LogP contribution >= 0.6 is 23.1 Å². The molecule has 3 nitrogen and oxygen atoms in total. The van der Waals surface area contributed by atoms with Crippen molar-refractivity contribution in [3.05, 3.63) is 22.4 Å². The zero-order valence-corrected chi connectivity index (χ0v) is 12.2. The van der Waals surface area contributed by atoms with Crippen LogP contribution in [0.15, 0.2) is 17.5 Å². The minimum atomic E-state index is -0.133. The second-order valence-corrected chi connectivity index (χ2v) is 6.86. The van der Waals surface area contributed by atoms with Crippen molar-refractivity contribution in [2.24, 2.45) is 5.92 Å². The summed E-state index contributed by atoms with van der Waals surface area (Å²) >= 11 is 3.40. The van der Waals surface area contributed by atoms with Gasteiger partial charge in [0.15, 0.2) is 0 Å². The van der Waals surface area contributed by atoms with Crippen molar-refractivity contribution in [2.45, 2.75) is 24.7 Å². The van der Waals surface area contributed by atoms with Crippen LogP contribution in [0.2, 0.25) is 0 Å². The van der Waals surface area contributed by atoms with Crippen LogP contribution in [-0.2, 0) is 10.5 Å². The molecule has 0 unspecified atom stereocenters. The number of nitrogens with zero attached hydrogens (tertiary/aromatic N) is 1. The summed E-state index contributed by atoms with van der Waals surface area (Å²) in [6.07, 6.45) is 1.56. The molecule has 1 aliphatic rings. The van der Waals surface area contributed by atoms with Gasteiger partial charge in [0.05, 0.1) is 11.9 Å². The fourth-order valence-corrected chi connectivity index (χ4v) is 3.89. The van der Waals surface area contributed by atoms with Gasteiger partial charge in [0.25, 0.3) is 0 Å². The monoisotopic (exact) mass is 285 g/mol. The third-order valence-electron chi connectivity index (χ3n) is 3.22. The number of carbonyl (C=O) groups excluding carboxylic acids is 1. The summed E-state index contributed by atoms with van der Waals surface area (Å²) in [6, 6.07) is 4.14. The SMILES string of the molecule is CN(CC1CC(O)C1)C(=O)CSCc1cccs1. The zero-order chi connectivity index (χ0) is 13.0. The molecule has 1 saturated carbocycles. The number of thioether (sulfide) groups is 1. The summed E-state index contributed by atoms with van der Waals surface area (Å²) in [5, 5.41) is 11.3. The zero-order valence-electron chi connectivity index (χ0n) is 10.5. The van der Waals surface area contributed by atoms with Gasteiger partial charge in [-0.15, -0.1) is 23.1 Å². The third-order valence-corrected chi connectivity index (χ3v) is 5.24. The van der Waals surface area contributed by atoms with Gasteiger partial charge in [-0.25, -0.2) is 0 Å². The van der Waals surface area contributed by atoms with E-state index in [9.17, 15) is 9.90 Å². The topological polar surface area (TPSA) is 40.5 Å². The van der Waals surface area contributed by atoms with Gasteiger partial charge < -0.3 is 10.0 Å². The van der Waals surface area contributed by atoms with Gasteiger partial charge in [0.1, 0.15) is 0 Å². The molecular weight excluding hydrogens is 266 g/mol. The average Bonchev–Trinajstić information content (AvgIpc) is 2.79. The first-order valence-corrected chi connectivity index (χ1v) is 8.20. The third kappa shape index (κ3) is 4.00. The minimum Gasteiger partial charge on any atom is -0.393 e. The number of rotatable bonds is 6. The molecule has 1 amide bonds. The predicted molar refractivity (Wildman–Crippen MR) is 76.8 cm³/mol. The van der Waals surface area contributed by atoms with Gasteiger partial charge in [0.2, 0.25) is 5.91 Å². The van der Waals surface area contributed by atoms with E-state index in [1.54, 1.807) is 28.0 Å². The van der Waals surface area contributed by atoms with E-state index in [1.165, 1.54) is 4.88 Å². The lowest BCUT2D eigenvalue weighted by molar-refractivity contribution is -0.128. The molecule has 0 spiro atoms. The van der Waals surface area contributed by atoms with Crippen LogP contribution in [0.25, 0.3) is 0 Å². The van der Waals surface area contributed by atoms with Gasteiger partial charge in [0, 0.05) is 24.2 Å². The Morgan fingerprint density at radius 2 is 2.39 bits per heavy atom. The quantitative estimate of drug-likeness (QED) is 0.871. The van der Waals surface area contributed by atoms with E-state index in [-0.39, 0.29) is 12.0 Å². The molecule has 0 bridgehead atoms. The molecule has 100 valence electrons. The van der Waals surface area contributed by atoms with Crippen LogP contribution in [0, 0.1) is 5.92 Å². The highest BCUT2D eigenvalue weighted by Gasteiger charge is 2.28. The molecule has 2 rings (SSSR count). The highest BCUT2D eigenvalue weighted by atomic mass is 32.2. The molecule has 0 atom stereocenters. The summed E-state index contributed by atoms with van der Waals surface area (Å²) in [6.45, 7) is 0.787. The molecule has 0 radical (unpaired) electrons. The van der Waals surface area contributed by atoms with Crippen LogP contribution in [0.3, 0.4) is 0 Å². The molecule has 1 fully saturated rings. The first-order valence-electron chi connectivity index (χ1n) is 6.17. The lowest BCUT2D eigenvalue weighted by Crippen LogP contribution is -2.40. The number of carbonyl (C=O) groups is 1. The van der Waals surface area contributed by atoms with E-state index in [1.807, 2.05) is 13.1 Å². The molecule has 1 N–H and O–H groups in total. The lowest BCUT2D eigenvalue weighted by atomic mass is 9.82. The Kier molecular flexibility index (Phi) is 5.09. The van der Waals surface area contributed by atoms with Crippen LogP contribution in [-0.4, -0.2) is 41.4 Å². The normalized spacial score (nSPS) is 22.6. The number of hydrogen-bond donors (Lipinski definition) is 1. The van der Waals surface area contributed by atoms with E-state index in [0.29, 0.717) is 11.7 Å². The first-order chi connectivity index (χ1) is 8.65. The number of aliphatic hydroxyl groups is 1. The second-order valence-electron chi connectivity index (χ2n) is 4.84. The highest BCUT2D eigenvalue weighted by Crippen LogP contribution is 2.27. The molecular formula is C13H19NO2S2. The predicted octanol–water partition coefficient (Wildman–Crippen LogP) is 2.21. The Balaban J connectivity index is 1.61. The maximum atomic E-state index is 11.9. The number of aliphatic hydroxyl groups excluding tert-OH is 1. The highest BCUT2D eigenvalue weighted by molar-refractivity contribution is 7.99. The fraction of sp³-hybridized carbons (Fsp3) is 0.615. The average molecular weight is 285 g/mol. The van der Waals surface area contributed by atoms with Crippen molar-refractivity contribution < 1.29 is 9.90 Å². The van der Waals surface area contributed by atoms with Crippen molar-refractivity contribution in [2.75, 3.05) is 19.3 Å². The Morgan fingerprint density at radius 3 is 3.00 bits per heavy atom. The fourth-order valence-electron chi connectivity index (χ4n) is 2.08. The summed E-state index contributed by atoms with van der Waals surface area (Å²) in [5.41, 5.74) is 0. The molecule has 1 aromatic heterocycles. The standard InChI is InChI=1S/C13H19NO2S2/c1-14(7-10-5-11(15)6-10)13(16)9-17-8-12-3-2-4-18-12/h2-4,10-11,15H,5-9H2,1H3. The van der Waals surface area contributed by atoms with Crippen molar-refractivity contribution >= 4 is 29.0 Å². The van der Waals surface area contributed by atoms with Crippen LogP contribution in [0.4, 0.5) is 0 Å². The summed E-state index contributed by atoms with van der Waals surface area (Å²) < 4.78 is 0. The summed E-state index contributed by atoms with van der Waals surface area (Å²) in [4.78, 5) is 15.0. The van der Waals surface area contributed by atoms with E-state index < -0.39 is 0 Å². The number of amides is 1. The molecule has 1 aliphatic carbocycles. The van der Waals surface area contributed by atoms with E-state index >= 15 is 0 Å². The Hall–Kier alpha value is -0.520. The van der Waals surface area contributed by atoms with Gasteiger partial charge >= 0.3 is 0 Å². The van der Waals surface area contributed by atoms with E-state index in [2.05, 4.69) is 11.4 Å². The summed E-state index contributed by atoms with van der Waals surface area (Å²) in [5.74, 6) is 2.15. The smallest absolute Gasteiger partial charge is 0.232 e. The van der Waals surface area contributed by atoms with E-state index in [0.717, 1.165) is 25.1 Å². The van der Waals surface area contributed by atoms with Crippen molar-refractivity contribution in [1.82, 2.24) is 4.90 Å². The second kappa shape index (κ2) is 6.59. The number of thiophene rings is 1. The largest absolute Gasteiger partial charge is 0.393 e. The molecule has 0 saturated heterocycles. The van der Waals surface area contributed by atoms with Crippen molar-refractivity contribution in [3.8, 4) is 0 Å². The Labute approximate surface area is 116 Å². The van der Waals surface area contributed by atoms with Crippen molar-refractivity contribution in [1.29, 1.82) is 0 Å². The minimum absolute atomic E-state index is 0.133. The van der Waals surface area contributed by atoms with Crippen LogP contribution < -0.4 is 0 Å². The molecule has 0 aliphatic heterocycles.